The van der Waals surface area contributed by atoms with E-state index >= 15 is 0 Å². The first kappa shape index (κ1) is 19.4. The van der Waals surface area contributed by atoms with Crippen LogP contribution in [0, 0.1) is 6.92 Å². The molecule has 4 rings (SSSR count). The molecule has 1 aliphatic rings. The number of halogens is 1. The van der Waals surface area contributed by atoms with Crippen LogP contribution in [0.15, 0.2) is 24.3 Å². The highest BCUT2D eigenvalue weighted by Crippen LogP contribution is 2.47. The van der Waals surface area contributed by atoms with Gasteiger partial charge in [0.05, 0.1) is 5.41 Å². The van der Waals surface area contributed by atoms with Crippen molar-refractivity contribution in [2.45, 2.75) is 58.3 Å². The number of benzene rings is 1. The van der Waals surface area contributed by atoms with Crippen molar-refractivity contribution in [1.82, 2.24) is 4.98 Å². The molecule has 1 unspecified atom stereocenters. The highest BCUT2D eigenvalue weighted by molar-refractivity contribution is 7.19. The van der Waals surface area contributed by atoms with E-state index in [4.69, 9.17) is 16.6 Å². The molecule has 0 fully saturated rings. The molecule has 1 aromatic carbocycles. The molecular formula is C23H24ClNO2S. The number of carbonyl (C=O) groups is 1. The molecule has 28 heavy (non-hydrogen) atoms. The van der Waals surface area contributed by atoms with Crippen LogP contribution in [-0.2, 0) is 23.1 Å². The van der Waals surface area contributed by atoms with Crippen molar-refractivity contribution in [3.63, 3.8) is 0 Å². The minimum Gasteiger partial charge on any atom is -0.481 e. The van der Waals surface area contributed by atoms with Gasteiger partial charge in [-0.2, -0.15) is 0 Å². The van der Waals surface area contributed by atoms with Crippen molar-refractivity contribution in [1.29, 1.82) is 0 Å². The Bertz CT molecular complexity index is 1070. The van der Waals surface area contributed by atoms with E-state index in [1.165, 1.54) is 10.4 Å². The van der Waals surface area contributed by atoms with E-state index in [2.05, 4.69) is 0 Å². The van der Waals surface area contributed by atoms with Gasteiger partial charge in [0.15, 0.2) is 0 Å². The van der Waals surface area contributed by atoms with E-state index < -0.39 is 11.4 Å². The molecule has 2 heterocycles. The highest BCUT2D eigenvalue weighted by Gasteiger charge is 2.40. The van der Waals surface area contributed by atoms with Gasteiger partial charge < -0.3 is 5.11 Å². The van der Waals surface area contributed by atoms with Crippen molar-refractivity contribution >= 4 is 39.1 Å². The van der Waals surface area contributed by atoms with E-state index in [1.807, 2.05) is 45.0 Å². The zero-order valence-electron chi connectivity index (χ0n) is 16.4. The largest absolute Gasteiger partial charge is 0.481 e. The Labute approximate surface area is 174 Å². The maximum atomic E-state index is 12.5. The molecule has 146 valence electrons. The Balaban J connectivity index is 2.14. The zero-order valence-corrected chi connectivity index (χ0v) is 18.0. The summed E-state index contributed by atoms with van der Waals surface area (Å²) in [6, 6.07) is 7.78. The molecule has 0 radical (unpaired) electrons. The number of fused-ring (bicyclic) bond motifs is 3. The first-order chi connectivity index (χ1) is 13.4. The lowest BCUT2D eigenvalue weighted by molar-refractivity contribution is -0.143. The topological polar surface area (TPSA) is 50.2 Å². The number of carboxylic acid groups (broad SMARTS) is 1. The fourth-order valence-corrected chi connectivity index (χ4v) is 6.10. The van der Waals surface area contributed by atoms with E-state index in [-0.39, 0.29) is 0 Å². The second-order valence-electron chi connectivity index (χ2n) is 7.88. The smallest absolute Gasteiger partial charge is 0.313 e. The molecule has 0 saturated heterocycles. The predicted molar refractivity (Wildman–Crippen MR) is 117 cm³/mol. The summed E-state index contributed by atoms with van der Waals surface area (Å²) in [5.41, 5.74) is 4.10. The standard InChI is InChI=1S/C23H24ClNO2S/c1-4-12-23(3,22(26)27)20-13(2)25-21-19(16-6-5-7-17(16)28-21)18(20)14-8-10-15(24)11-9-14/h8-11H,4-7,12H2,1-3H3,(H,26,27). The number of aliphatic carboxylic acids is 1. The van der Waals surface area contributed by atoms with Crippen molar-refractivity contribution in [2.24, 2.45) is 0 Å². The van der Waals surface area contributed by atoms with Crippen LogP contribution in [0.5, 0.6) is 0 Å². The molecule has 1 atom stereocenters. The third kappa shape index (κ3) is 2.94. The SMILES string of the molecule is CCCC(C)(C(=O)O)c1c(C)nc2sc3c(c2c1-c1ccc(Cl)cc1)CCC3. The van der Waals surface area contributed by atoms with E-state index in [1.54, 1.807) is 11.3 Å². The van der Waals surface area contributed by atoms with Crippen LogP contribution in [0.4, 0.5) is 0 Å². The van der Waals surface area contributed by atoms with Crippen molar-refractivity contribution in [2.75, 3.05) is 0 Å². The van der Waals surface area contributed by atoms with Crippen LogP contribution in [0.2, 0.25) is 5.02 Å². The maximum absolute atomic E-state index is 12.5. The predicted octanol–water partition coefficient (Wildman–Crippen LogP) is 6.56. The summed E-state index contributed by atoms with van der Waals surface area (Å²) in [7, 11) is 0. The summed E-state index contributed by atoms with van der Waals surface area (Å²) < 4.78 is 0. The van der Waals surface area contributed by atoms with Gasteiger partial charge in [0.2, 0.25) is 0 Å². The van der Waals surface area contributed by atoms with Crippen molar-refractivity contribution in [3.8, 4) is 11.1 Å². The van der Waals surface area contributed by atoms with E-state index in [0.717, 1.165) is 58.3 Å². The number of thiophene rings is 1. The fourth-order valence-electron chi connectivity index (χ4n) is 4.66. The summed E-state index contributed by atoms with van der Waals surface area (Å²) in [5, 5.41) is 12.1. The maximum Gasteiger partial charge on any atom is 0.313 e. The molecule has 1 N–H and O–H groups in total. The molecule has 5 heteroatoms. The number of aromatic nitrogens is 1. The molecule has 3 aromatic rings. The minimum absolute atomic E-state index is 0.573. The number of hydrogen-bond acceptors (Lipinski definition) is 3. The van der Waals surface area contributed by atoms with Crippen molar-refractivity contribution < 1.29 is 9.90 Å². The molecule has 0 amide bonds. The van der Waals surface area contributed by atoms with Gasteiger partial charge in [0, 0.05) is 21.0 Å². The fraction of sp³-hybridized carbons (Fsp3) is 0.391. The third-order valence-corrected chi connectivity index (χ3v) is 7.38. The Kier molecular flexibility index (Phi) is 4.96. The number of pyridine rings is 1. The molecule has 0 aliphatic heterocycles. The summed E-state index contributed by atoms with van der Waals surface area (Å²) in [5.74, 6) is -0.791. The molecule has 2 aromatic heterocycles. The highest BCUT2D eigenvalue weighted by atomic mass is 35.5. The Hall–Kier alpha value is -1.91. The first-order valence-corrected chi connectivity index (χ1v) is 11.0. The van der Waals surface area contributed by atoms with Gasteiger partial charge >= 0.3 is 5.97 Å². The monoisotopic (exact) mass is 413 g/mol. The number of carboxylic acids is 1. The van der Waals surface area contributed by atoms with Crippen LogP contribution in [0.1, 0.15) is 54.8 Å². The minimum atomic E-state index is -0.984. The van der Waals surface area contributed by atoms with Gasteiger partial charge in [-0.25, -0.2) is 4.98 Å². The quantitative estimate of drug-likeness (QED) is 0.515. The second kappa shape index (κ2) is 7.16. The molecule has 0 bridgehead atoms. The van der Waals surface area contributed by atoms with Crippen LogP contribution >= 0.6 is 22.9 Å². The Morgan fingerprint density at radius 3 is 2.64 bits per heavy atom. The van der Waals surface area contributed by atoms with Gasteiger partial charge in [-0.1, -0.05) is 37.1 Å². The lowest BCUT2D eigenvalue weighted by Crippen LogP contribution is -2.34. The third-order valence-electron chi connectivity index (χ3n) is 5.94. The summed E-state index contributed by atoms with van der Waals surface area (Å²) in [4.78, 5) is 19.8. The normalized spacial score (nSPS) is 15.6. The summed E-state index contributed by atoms with van der Waals surface area (Å²) >= 11 is 7.92. The number of aryl methyl sites for hydroxylation is 3. The van der Waals surface area contributed by atoms with E-state index in [0.29, 0.717) is 11.4 Å². The number of hydrogen-bond donors (Lipinski definition) is 1. The zero-order chi connectivity index (χ0) is 20.1. The molecule has 3 nitrogen and oxygen atoms in total. The van der Waals surface area contributed by atoms with Crippen LogP contribution < -0.4 is 0 Å². The van der Waals surface area contributed by atoms with E-state index in [9.17, 15) is 9.90 Å². The first-order valence-electron chi connectivity index (χ1n) is 9.81. The second-order valence-corrected chi connectivity index (χ2v) is 9.40. The van der Waals surface area contributed by atoms with Crippen molar-refractivity contribution in [3.05, 3.63) is 51.0 Å². The number of nitrogens with zero attached hydrogens (tertiary/aromatic N) is 1. The van der Waals surface area contributed by atoms with Gasteiger partial charge in [-0.3, -0.25) is 4.79 Å². The summed E-state index contributed by atoms with van der Waals surface area (Å²) in [6.45, 7) is 5.84. The van der Waals surface area contributed by atoms with Gasteiger partial charge in [-0.15, -0.1) is 11.3 Å². The Morgan fingerprint density at radius 1 is 1.29 bits per heavy atom. The van der Waals surface area contributed by atoms with Crippen LogP contribution in [-0.4, -0.2) is 16.1 Å². The lowest BCUT2D eigenvalue weighted by atomic mass is 9.74. The molecule has 0 saturated carbocycles. The average molecular weight is 414 g/mol. The van der Waals surface area contributed by atoms with Crippen LogP contribution in [0.25, 0.3) is 21.3 Å². The number of rotatable bonds is 5. The molecule has 1 aliphatic carbocycles. The van der Waals surface area contributed by atoms with Gasteiger partial charge in [0.1, 0.15) is 4.83 Å². The van der Waals surface area contributed by atoms with Crippen LogP contribution in [0.3, 0.4) is 0 Å². The lowest BCUT2D eigenvalue weighted by Gasteiger charge is -2.29. The molecular weight excluding hydrogens is 390 g/mol. The van der Waals surface area contributed by atoms with Gasteiger partial charge in [0.25, 0.3) is 0 Å². The molecule has 0 spiro atoms. The van der Waals surface area contributed by atoms with Gasteiger partial charge in [-0.05, 0) is 73.9 Å². The average Bonchev–Trinajstić information content (AvgIpc) is 3.22. The summed E-state index contributed by atoms with van der Waals surface area (Å²) in [6.07, 6.45) is 4.66. The Morgan fingerprint density at radius 2 is 2.00 bits per heavy atom.